The van der Waals surface area contributed by atoms with Crippen LogP contribution in [0.25, 0.3) is 5.69 Å². The predicted molar refractivity (Wildman–Crippen MR) is 112 cm³/mol. The average Bonchev–Trinajstić information content (AvgIpc) is 3.27. The summed E-state index contributed by atoms with van der Waals surface area (Å²) in [7, 11) is 0. The third kappa shape index (κ3) is 4.24. The van der Waals surface area contributed by atoms with Crippen molar-refractivity contribution in [2.45, 2.75) is 38.6 Å². The van der Waals surface area contributed by atoms with E-state index in [2.05, 4.69) is 32.6 Å². The molecule has 1 fully saturated rings. The zero-order chi connectivity index (χ0) is 21.1. The maximum Gasteiger partial charge on any atom is 0.252 e. The molecule has 1 amide bonds. The topological polar surface area (TPSA) is 111 Å². The number of nitrogens with two attached hydrogens (primary N) is 1. The zero-order valence-corrected chi connectivity index (χ0v) is 16.7. The number of aromatic nitrogens is 4. The van der Waals surface area contributed by atoms with Crippen molar-refractivity contribution < 1.29 is 9.18 Å². The summed E-state index contributed by atoms with van der Waals surface area (Å²) in [4.78, 5) is 20.5. The second-order valence-corrected chi connectivity index (χ2v) is 7.60. The molecule has 3 heterocycles. The third-order valence-corrected chi connectivity index (χ3v) is 5.43. The highest BCUT2D eigenvalue weighted by molar-refractivity contribution is 5.98. The Morgan fingerprint density at radius 1 is 1.23 bits per heavy atom. The summed E-state index contributed by atoms with van der Waals surface area (Å²) in [5.74, 6) is -0.665. The zero-order valence-electron chi connectivity index (χ0n) is 16.7. The van der Waals surface area contributed by atoms with Gasteiger partial charge in [-0.15, -0.1) is 0 Å². The molecule has 3 aromatic rings. The van der Waals surface area contributed by atoms with Crippen LogP contribution in [0.3, 0.4) is 0 Å². The maximum absolute atomic E-state index is 14.7. The quantitative estimate of drug-likeness (QED) is 0.573. The van der Waals surface area contributed by atoms with Gasteiger partial charge in [-0.2, -0.15) is 5.10 Å². The van der Waals surface area contributed by atoms with E-state index in [1.807, 2.05) is 0 Å². The van der Waals surface area contributed by atoms with Crippen LogP contribution in [-0.2, 0) is 0 Å². The van der Waals surface area contributed by atoms with E-state index in [-0.39, 0.29) is 23.2 Å². The molecule has 8 nitrogen and oxygen atoms in total. The Balaban J connectivity index is 1.64. The van der Waals surface area contributed by atoms with Gasteiger partial charge in [0, 0.05) is 18.4 Å². The highest BCUT2D eigenvalue weighted by Gasteiger charge is 2.24. The molecule has 0 unspecified atom stereocenters. The van der Waals surface area contributed by atoms with Crippen molar-refractivity contribution in [3.8, 4) is 5.69 Å². The molecule has 156 valence electrons. The first kappa shape index (κ1) is 19.8. The van der Waals surface area contributed by atoms with Gasteiger partial charge < -0.3 is 16.4 Å². The monoisotopic (exact) mass is 409 g/mol. The van der Waals surface area contributed by atoms with Gasteiger partial charge in [0.2, 0.25) is 0 Å². The molecule has 2 atom stereocenters. The van der Waals surface area contributed by atoms with E-state index in [0.29, 0.717) is 11.6 Å². The molecule has 1 saturated carbocycles. The van der Waals surface area contributed by atoms with E-state index in [1.54, 1.807) is 41.6 Å². The SMILES string of the molecule is C[C@H]1CCCC[C@H]1Nc1nc(Nc2cncc(-n3cccn3)c2)c(C(N)=O)cc1F. The fourth-order valence-corrected chi connectivity index (χ4v) is 3.76. The summed E-state index contributed by atoms with van der Waals surface area (Å²) in [6, 6.07) is 4.86. The molecule has 0 aromatic carbocycles. The molecule has 0 saturated heterocycles. The summed E-state index contributed by atoms with van der Waals surface area (Å²) in [6.45, 7) is 2.15. The Kier molecular flexibility index (Phi) is 5.60. The number of amides is 1. The van der Waals surface area contributed by atoms with Crippen molar-refractivity contribution >= 4 is 23.2 Å². The van der Waals surface area contributed by atoms with E-state index in [4.69, 9.17) is 5.73 Å². The van der Waals surface area contributed by atoms with Crippen molar-refractivity contribution in [1.29, 1.82) is 0 Å². The fraction of sp³-hybridized carbons (Fsp3) is 0.333. The van der Waals surface area contributed by atoms with E-state index < -0.39 is 11.7 Å². The highest BCUT2D eigenvalue weighted by atomic mass is 19.1. The molecule has 1 aliphatic rings. The highest BCUT2D eigenvalue weighted by Crippen LogP contribution is 2.29. The summed E-state index contributed by atoms with van der Waals surface area (Å²) in [5.41, 5.74) is 6.73. The Morgan fingerprint density at radius 3 is 2.80 bits per heavy atom. The van der Waals surface area contributed by atoms with E-state index >= 15 is 0 Å². The summed E-state index contributed by atoms with van der Waals surface area (Å²) < 4.78 is 16.3. The maximum atomic E-state index is 14.7. The first-order chi connectivity index (χ1) is 14.5. The van der Waals surface area contributed by atoms with Crippen molar-refractivity contribution in [3.63, 3.8) is 0 Å². The van der Waals surface area contributed by atoms with Crippen LogP contribution in [0, 0.1) is 11.7 Å². The lowest BCUT2D eigenvalue weighted by atomic mass is 9.86. The molecular weight excluding hydrogens is 385 g/mol. The lowest BCUT2D eigenvalue weighted by Crippen LogP contribution is -2.31. The van der Waals surface area contributed by atoms with Crippen LogP contribution in [0.1, 0.15) is 43.0 Å². The number of nitrogens with one attached hydrogen (secondary N) is 2. The van der Waals surface area contributed by atoms with E-state index in [0.717, 1.165) is 31.0 Å². The first-order valence-corrected chi connectivity index (χ1v) is 10.00. The molecule has 9 heteroatoms. The van der Waals surface area contributed by atoms with Crippen LogP contribution in [0.2, 0.25) is 0 Å². The van der Waals surface area contributed by atoms with Crippen LogP contribution in [0.15, 0.2) is 43.0 Å². The number of anilines is 3. The van der Waals surface area contributed by atoms with Crippen LogP contribution in [0.5, 0.6) is 0 Å². The normalized spacial score (nSPS) is 18.7. The lowest BCUT2D eigenvalue weighted by molar-refractivity contribution is 0.100. The molecule has 30 heavy (non-hydrogen) atoms. The second kappa shape index (κ2) is 8.48. The summed E-state index contributed by atoms with van der Waals surface area (Å²) in [5, 5.41) is 10.4. The second-order valence-electron chi connectivity index (χ2n) is 7.60. The van der Waals surface area contributed by atoms with Gasteiger partial charge in [0.15, 0.2) is 11.6 Å². The molecule has 0 radical (unpaired) electrons. The number of pyridine rings is 2. The number of carbonyl (C=O) groups excluding carboxylic acids is 1. The molecule has 0 aliphatic heterocycles. The van der Waals surface area contributed by atoms with Crippen molar-refractivity contribution in [1.82, 2.24) is 19.7 Å². The van der Waals surface area contributed by atoms with Gasteiger partial charge in [-0.1, -0.05) is 19.8 Å². The molecule has 3 aromatic heterocycles. The molecular formula is C21H24FN7O. The summed E-state index contributed by atoms with van der Waals surface area (Å²) >= 11 is 0. The predicted octanol–water partition coefficient (Wildman–Crippen LogP) is 3.63. The Labute approximate surface area is 173 Å². The van der Waals surface area contributed by atoms with Gasteiger partial charge in [-0.05, 0) is 37.0 Å². The van der Waals surface area contributed by atoms with Gasteiger partial charge in [0.05, 0.1) is 29.3 Å². The van der Waals surface area contributed by atoms with Crippen LogP contribution < -0.4 is 16.4 Å². The number of halogens is 1. The molecule has 0 bridgehead atoms. The van der Waals surface area contributed by atoms with Crippen molar-refractivity contribution in [2.24, 2.45) is 11.7 Å². The van der Waals surface area contributed by atoms with E-state index in [1.165, 1.54) is 6.42 Å². The van der Waals surface area contributed by atoms with Gasteiger partial charge in [0.25, 0.3) is 5.91 Å². The first-order valence-electron chi connectivity index (χ1n) is 10.00. The summed E-state index contributed by atoms with van der Waals surface area (Å²) in [6.07, 6.45) is 11.0. The van der Waals surface area contributed by atoms with Gasteiger partial charge >= 0.3 is 0 Å². The number of hydrogen-bond donors (Lipinski definition) is 3. The standard InChI is InChI=1S/C21H24FN7O/c1-13-5-2-3-6-18(13)27-21-17(22)10-16(19(23)30)20(28-21)26-14-9-15(12-24-11-14)29-8-4-7-25-29/h4,7-13,18H,2-3,5-6H2,1H3,(H2,23,30)(H2,26,27,28)/t13-,18+/m0/s1. The third-order valence-electron chi connectivity index (χ3n) is 5.43. The fourth-order valence-electron chi connectivity index (χ4n) is 3.76. The number of carbonyl (C=O) groups is 1. The van der Waals surface area contributed by atoms with Crippen LogP contribution >= 0.6 is 0 Å². The number of hydrogen-bond acceptors (Lipinski definition) is 6. The molecule has 0 spiro atoms. The Bertz CT molecular complexity index is 1040. The Morgan fingerprint density at radius 2 is 2.07 bits per heavy atom. The minimum Gasteiger partial charge on any atom is -0.365 e. The smallest absolute Gasteiger partial charge is 0.252 e. The van der Waals surface area contributed by atoms with Crippen LogP contribution in [0.4, 0.5) is 21.7 Å². The average molecular weight is 409 g/mol. The van der Waals surface area contributed by atoms with Crippen molar-refractivity contribution in [2.75, 3.05) is 10.6 Å². The lowest BCUT2D eigenvalue weighted by Gasteiger charge is -2.30. The minimum atomic E-state index is -0.766. The minimum absolute atomic E-state index is 0.0285. The number of nitrogens with zero attached hydrogens (tertiary/aromatic N) is 4. The van der Waals surface area contributed by atoms with Gasteiger partial charge in [0.1, 0.15) is 5.82 Å². The Hall–Kier alpha value is -3.49. The molecule has 1 aliphatic carbocycles. The largest absolute Gasteiger partial charge is 0.365 e. The molecule has 4 N–H and O–H groups in total. The van der Waals surface area contributed by atoms with Crippen molar-refractivity contribution in [3.05, 3.63) is 54.4 Å². The van der Waals surface area contributed by atoms with E-state index in [9.17, 15) is 9.18 Å². The van der Waals surface area contributed by atoms with Crippen LogP contribution in [-0.4, -0.2) is 31.7 Å². The molecule has 4 rings (SSSR count). The number of primary amides is 1. The number of rotatable bonds is 6. The van der Waals surface area contributed by atoms with Gasteiger partial charge in [-0.25, -0.2) is 14.1 Å². The van der Waals surface area contributed by atoms with Gasteiger partial charge in [-0.3, -0.25) is 9.78 Å².